The monoisotopic (exact) mass is 281 g/mol. The van der Waals surface area contributed by atoms with Crippen LogP contribution in [0.2, 0.25) is 0 Å². The Morgan fingerprint density at radius 2 is 1.48 bits per heavy atom. The summed E-state index contributed by atoms with van der Waals surface area (Å²) in [6.45, 7) is 4.21. The molecule has 0 unspecified atom stereocenters. The molecule has 4 heteroatoms. The van der Waals surface area contributed by atoms with E-state index in [1.807, 2.05) is 6.07 Å². The molecule has 0 radical (unpaired) electrons. The molecule has 0 aliphatic carbocycles. The molecule has 2 N–H and O–H groups in total. The van der Waals surface area contributed by atoms with E-state index < -0.39 is 5.97 Å². The van der Waals surface area contributed by atoms with Gasteiger partial charge in [0.05, 0.1) is 5.56 Å². The first-order valence-corrected chi connectivity index (χ1v) is 6.42. The number of aromatic carboxylic acids is 1. The van der Waals surface area contributed by atoms with Crippen molar-refractivity contribution in [2.45, 2.75) is 0 Å². The van der Waals surface area contributed by atoms with Crippen LogP contribution < -0.4 is 5.32 Å². The highest BCUT2D eigenvalue weighted by Gasteiger charge is 2.07. The number of carboxylic acid groups (broad SMARTS) is 1. The highest BCUT2D eigenvalue weighted by Crippen LogP contribution is 2.13. The topological polar surface area (TPSA) is 66.4 Å². The molecule has 0 bridgehead atoms. The van der Waals surface area contributed by atoms with Gasteiger partial charge in [0, 0.05) is 12.1 Å². The van der Waals surface area contributed by atoms with Gasteiger partial charge >= 0.3 is 5.97 Å². The fourth-order valence-corrected chi connectivity index (χ4v) is 1.83. The van der Waals surface area contributed by atoms with E-state index in [4.69, 9.17) is 5.11 Å². The highest BCUT2D eigenvalue weighted by atomic mass is 16.4. The predicted molar refractivity (Wildman–Crippen MR) is 81.2 cm³/mol. The van der Waals surface area contributed by atoms with Gasteiger partial charge < -0.3 is 10.4 Å². The fraction of sp³-hybridized carbons (Fsp3) is 0.0588. The first kappa shape index (κ1) is 14.5. The van der Waals surface area contributed by atoms with E-state index in [2.05, 4.69) is 11.9 Å². The molecule has 0 saturated carbocycles. The third-order valence-electron chi connectivity index (χ3n) is 3.04. The zero-order valence-corrected chi connectivity index (χ0v) is 11.4. The second-order valence-corrected chi connectivity index (χ2v) is 4.53. The molecule has 2 aromatic carbocycles. The van der Waals surface area contributed by atoms with Gasteiger partial charge in [0.2, 0.25) is 0 Å². The number of amides is 1. The van der Waals surface area contributed by atoms with E-state index >= 15 is 0 Å². The molecule has 0 aliphatic rings. The molecule has 2 rings (SSSR count). The van der Waals surface area contributed by atoms with Gasteiger partial charge in [-0.25, -0.2) is 4.79 Å². The minimum absolute atomic E-state index is 0.168. The van der Waals surface area contributed by atoms with Gasteiger partial charge in [-0.05, 0) is 35.4 Å². The summed E-state index contributed by atoms with van der Waals surface area (Å²) in [6, 6.07) is 15.3. The van der Waals surface area contributed by atoms with Crippen molar-refractivity contribution in [1.82, 2.24) is 5.32 Å². The summed E-state index contributed by atoms with van der Waals surface area (Å²) in [4.78, 5) is 22.7. The molecule has 0 heterocycles. The van der Waals surface area contributed by atoms with E-state index in [-0.39, 0.29) is 11.5 Å². The van der Waals surface area contributed by atoms with Crippen LogP contribution in [0.3, 0.4) is 0 Å². The Hall–Kier alpha value is -2.88. The van der Waals surface area contributed by atoms with Crippen LogP contribution in [-0.2, 0) is 0 Å². The second-order valence-electron chi connectivity index (χ2n) is 4.53. The quantitative estimate of drug-likeness (QED) is 0.885. The lowest BCUT2D eigenvalue weighted by Crippen LogP contribution is -2.24. The zero-order chi connectivity index (χ0) is 15.2. The van der Waals surface area contributed by atoms with Crippen molar-refractivity contribution < 1.29 is 14.7 Å². The smallest absolute Gasteiger partial charge is 0.335 e. The van der Waals surface area contributed by atoms with Crippen LogP contribution in [0.1, 0.15) is 26.3 Å². The first-order chi connectivity index (χ1) is 10.1. The standard InChI is InChI=1S/C17H15NO3/c1-12(13-7-9-15(10-8-13)17(20)21)11-18-16(19)14-5-3-2-4-6-14/h2-10H,1,11H2,(H,18,19)(H,20,21). The summed E-state index contributed by atoms with van der Waals surface area (Å²) in [5.74, 6) is -1.14. The van der Waals surface area contributed by atoms with E-state index in [0.717, 1.165) is 11.1 Å². The Balaban J connectivity index is 1.96. The molecule has 0 atom stereocenters. The maximum Gasteiger partial charge on any atom is 0.335 e. The van der Waals surface area contributed by atoms with Crippen molar-refractivity contribution in [2.24, 2.45) is 0 Å². The Kier molecular flexibility index (Phi) is 4.51. The highest BCUT2D eigenvalue weighted by molar-refractivity contribution is 5.95. The zero-order valence-electron chi connectivity index (χ0n) is 11.4. The molecule has 2 aromatic rings. The number of hydrogen-bond acceptors (Lipinski definition) is 2. The number of carboxylic acids is 1. The van der Waals surface area contributed by atoms with Gasteiger partial charge in [0.1, 0.15) is 0 Å². The van der Waals surface area contributed by atoms with E-state index in [1.54, 1.807) is 36.4 Å². The average molecular weight is 281 g/mol. The molecular weight excluding hydrogens is 266 g/mol. The summed E-state index contributed by atoms with van der Waals surface area (Å²) in [6.07, 6.45) is 0. The first-order valence-electron chi connectivity index (χ1n) is 6.42. The molecule has 4 nitrogen and oxygen atoms in total. The van der Waals surface area contributed by atoms with Gasteiger partial charge in [-0.2, -0.15) is 0 Å². The van der Waals surface area contributed by atoms with Gasteiger partial charge in [0.25, 0.3) is 5.91 Å². The lowest BCUT2D eigenvalue weighted by molar-refractivity contribution is 0.0696. The van der Waals surface area contributed by atoms with Crippen LogP contribution in [0, 0.1) is 0 Å². The van der Waals surface area contributed by atoms with Gasteiger partial charge in [0.15, 0.2) is 0 Å². The lowest BCUT2D eigenvalue weighted by Gasteiger charge is -2.08. The number of carbonyl (C=O) groups excluding carboxylic acids is 1. The number of hydrogen-bond donors (Lipinski definition) is 2. The minimum Gasteiger partial charge on any atom is -0.478 e. The van der Waals surface area contributed by atoms with E-state index in [9.17, 15) is 9.59 Å². The molecule has 0 saturated heterocycles. The normalized spacial score (nSPS) is 9.90. The maximum absolute atomic E-state index is 11.9. The van der Waals surface area contributed by atoms with Crippen molar-refractivity contribution in [1.29, 1.82) is 0 Å². The van der Waals surface area contributed by atoms with Crippen molar-refractivity contribution in [3.8, 4) is 0 Å². The molecule has 1 amide bonds. The number of carbonyl (C=O) groups is 2. The average Bonchev–Trinajstić information content (AvgIpc) is 2.53. The second kappa shape index (κ2) is 6.52. The van der Waals surface area contributed by atoms with Crippen LogP contribution in [0.15, 0.2) is 61.2 Å². The molecule has 0 aromatic heterocycles. The summed E-state index contributed by atoms with van der Waals surface area (Å²) in [5.41, 5.74) is 2.33. The number of rotatable bonds is 5. The Morgan fingerprint density at radius 3 is 2.05 bits per heavy atom. The van der Waals surface area contributed by atoms with E-state index in [0.29, 0.717) is 12.1 Å². The molecule has 0 fully saturated rings. The third kappa shape index (κ3) is 3.79. The molecule has 0 aliphatic heterocycles. The fourth-order valence-electron chi connectivity index (χ4n) is 1.83. The van der Waals surface area contributed by atoms with Crippen LogP contribution in [-0.4, -0.2) is 23.5 Å². The van der Waals surface area contributed by atoms with Crippen LogP contribution in [0.4, 0.5) is 0 Å². The largest absolute Gasteiger partial charge is 0.478 e. The van der Waals surface area contributed by atoms with E-state index in [1.165, 1.54) is 12.1 Å². The predicted octanol–water partition coefficient (Wildman–Crippen LogP) is 2.83. The number of nitrogens with one attached hydrogen (secondary N) is 1. The lowest BCUT2D eigenvalue weighted by atomic mass is 10.1. The van der Waals surface area contributed by atoms with Crippen LogP contribution >= 0.6 is 0 Å². The van der Waals surface area contributed by atoms with Crippen molar-refractivity contribution in [3.05, 3.63) is 77.9 Å². The summed E-state index contributed by atoms with van der Waals surface area (Å²) < 4.78 is 0. The Bertz CT molecular complexity index is 660. The van der Waals surface area contributed by atoms with Gasteiger partial charge in [-0.1, -0.05) is 36.9 Å². The van der Waals surface area contributed by atoms with Crippen molar-refractivity contribution in [3.63, 3.8) is 0 Å². The molecular formula is C17H15NO3. The van der Waals surface area contributed by atoms with Gasteiger partial charge in [-0.3, -0.25) is 4.79 Å². The molecule has 106 valence electrons. The number of benzene rings is 2. The van der Waals surface area contributed by atoms with Crippen molar-refractivity contribution >= 4 is 17.4 Å². The summed E-state index contributed by atoms with van der Waals surface area (Å²) in [7, 11) is 0. The van der Waals surface area contributed by atoms with Gasteiger partial charge in [-0.15, -0.1) is 0 Å². The minimum atomic E-state index is -0.968. The SMILES string of the molecule is C=C(CNC(=O)c1ccccc1)c1ccc(C(=O)O)cc1. The molecule has 21 heavy (non-hydrogen) atoms. The Morgan fingerprint density at radius 1 is 0.905 bits per heavy atom. The van der Waals surface area contributed by atoms with Crippen molar-refractivity contribution in [2.75, 3.05) is 6.54 Å². The molecule has 0 spiro atoms. The van der Waals surface area contributed by atoms with Crippen LogP contribution in [0.25, 0.3) is 5.57 Å². The third-order valence-corrected chi connectivity index (χ3v) is 3.04. The van der Waals surface area contributed by atoms with Crippen LogP contribution in [0.5, 0.6) is 0 Å². The maximum atomic E-state index is 11.9. The summed E-state index contributed by atoms with van der Waals surface area (Å²) >= 11 is 0. The summed E-state index contributed by atoms with van der Waals surface area (Å²) in [5, 5.41) is 11.6. The Labute approximate surface area is 122 Å².